The Morgan fingerprint density at radius 2 is 1.68 bits per heavy atom. The zero-order valence-corrected chi connectivity index (χ0v) is 22.1. The van der Waals surface area contributed by atoms with Crippen molar-refractivity contribution in [2.45, 2.75) is 49.2 Å². The first kappa shape index (κ1) is 26.2. The van der Waals surface area contributed by atoms with E-state index >= 15 is 0 Å². The highest BCUT2D eigenvalue weighted by molar-refractivity contribution is 8.00. The lowest BCUT2D eigenvalue weighted by atomic mass is 9.76. The molecule has 1 saturated heterocycles. The number of alkyl halides is 3. The number of hydrogen-bond donors (Lipinski definition) is 1. The van der Waals surface area contributed by atoms with Crippen molar-refractivity contribution in [3.05, 3.63) is 74.2 Å². The number of amides is 3. The molecule has 1 aromatic heterocycles. The third-order valence-corrected chi connectivity index (χ3v) is 9.63. The van der Waals surface area contributed by atoms with Gasteiger partial charge in [-0.1, -0.05) is 66.8 Å². The lowest BCUT2D eigenvalue weighted by molar-refractivity contribution is -0.137. The Morgan fingerprint density at radius 1 is 1.03 bits per heavy atom. The van der Waals surface area contributed by atoms with E-state index in [9.17, 15) is 32.3 Å². The number of anilines is 2. The van der Waals surface area contributed by atoms with Gasteiger partial charge in [0.2, 0.25) is 17.7 Å². The molecule has 0 spiro atoms. The number of para-hydroxylation sites is 1. The zero-order valence-electron chi connectivity index (χ0n) is 20.5. The molecule has 3 aromatic rings. The first-order valence-electron chi connectivity index (χ1n) is 11.6. The van der Waals surface area contributed by atoms with Gasteiger partial charge in [0.15, 0.2) is 0 Å². The molecule has 0 unspecified atom stereocenters. The predicted molar refractivity (Wildman–Crippen MR) is 138 cm³/mol. The second kappa shape index (κ2) is 9.12. The van der Waals surface area contributed by atoms with Crippen molar-refractivity contribution in [1.29, 1.82) is 0 Å². The number of imide groups is 1. The summed E-state index contributed by atoms with van der Waals surface area (Å²) in [6.45, 7) is 4.92. The van der Waals surface area contributed by atoms with Crippen molar-refractivity contribution >= 4 is 52.2 Å². The second-order valence-electron chi connectivity index (χ2n) is 9.77. The van der Waals surface area contributed by atoms with E-state index in [4.69, 9.17) is 0 Å². The van der Waals surface area contributed by atoms with Crippen LogP contribution in [0.2, 0.25) is 0 Å². The average Bonchev–Trinajstić information content (AvgIpc) is 3.28. The summed E-state index contributed by atoms with van der Waals surface area (Å²) in [6, 6.07) is 11.6. The number of nitrogens with one attached hydrogen (secondary N) is 1. The molecule has 3 heterocycles. The van der Waals surface area contributed by atoms with Crippen molar-refractivity contribution in [3.63, 3.8) is 0 Å². The molecule has 198 valence electrons. The number of fused-ring (bicyclic) bond motifs is 2. The van der Waals surface area contributed by atoms with Gasteiger partial charge in [0, 0.05) is 10.3 Å². The number of aryl methyl sites for hydroxylation is 1. The number of benzene rings is 2. The van der Waals surface area contributed by atoms with Gasteiger partial charge in [-0.25, -0.2) is 4.90 Å². The lowest BCUT2D eigenvalue weighted by Crippen LogP contribution is -2.42. The summed E-state index contributed by atoms with van der Waals surface area (Å²) in [5, 5.41) is 1.81. The molecule has 2 atom stereocenters. The fourth-order valence-corrected chi connectivity index (χ4v) is 7.93. The maximum absolute atomic E-state index is 13.5. The van der Waals surface area contributed by atoms with Crippen LogP contribution in [0.25, 0.3) is 0 Å². The van der Waals surface area contributed by atoms with Gasteiger partial charge in [-0.05, 0) is 31.2 Å². The predicted octanol–water partition coefficient (Wildman–Crippen LogP) is 4.82. The third-order valence-electron chi connectivity index (χ3n) is 6.80. The van der Waals surface area contributed by atoms with Crippen LogP contribution in [-0.2, 0) is 32.5 Å². The highest BCUT2D eigenvalue weighted by atomic mass is 32.2. The Labute approximate surface area is 223 Å². The van der Waals surface area contributed by atoms with Gasteiger partial charge in [0.25, 0.3) is 0 Å². The molecule has 2 aliphatic rings. The molecule has 5 rings (SSSR count). The standard InChI is InChI=1S/C26H22F3N3O4S2/c1-13-8-10-14(11-9-13)32-21(34)18-19(22(32)35)37-23-20(25(18,2)3)38-24(36)31(23)12-17(33)30-16-7-5-4-6-15(16)26(27,28)29/h4-11,18-19H,12H2,1-3H3,(H,30,33)/t18-,19+/m1/s1. The second-order valence-corrected chi connectivity index (χ2v) is 11.9. The number of carbonyl (C=O) groups is 3. The van der Waals surface area contributed by atoms with Crippen LogP contribution in [0.15, 0.2) is 58.4 Å². The molecule has 2 aliphatic heterocycles. The maximum atomic E-state index is 13.5. The van der Waals surface area contributed by atoms with Crippen LogP contribution in [0.5, 0.6) is 0 Å². The van der Waals surface area contributed by atoms with E-state index in [1.807, 2.05) is 6.92 Å². The molecule has 2 aromatic carbocycles. The summed E-state index contributed by atoms with van der Waals surface area (Å²) in [7, 11) is 0. The number of carbonyl (C=O) groups excluding carboxylic acids is 3. The number of thioether (sulfide) groups is 1. The van der Waals surface area contributed by atoms with Gasteiger partial charge in [0.1, 0.15) is 11.8 Å². The SMILES string of the molecule is Cc1ccc(N2C(=O)[C@H]3Sc4c(sc(=O)n4CC(=O)Nc4ccccc4C(F)(F)F)C(C)(C)[C@H]3C2=O)cc1. The number of nitrogens with zero attached hydrogens (tertiary/aromatic N) is 2. The number of rotatable bonds is 4. The first-order valence-corrected chi connectivity index (χ1v) is 13.3. The molecule has 12 heteroatoms. The molecule has 3 amide bonds. The summed E-state index contributed by atoms with van der Waals surface area (Å²) >= 11 is 1.92. The molecule has 0 saturated carbocycles. The minimum atomic E-state index is -4.67. The van der Waals surface area contributed by atoms with Crippen molar-refractivity contribution in [3.8, 4) is 0 Å². The molecule has 38 heavy (non-hydrogen) atoms. The van der Waals surface area contributed by atoms with E-state index < -0.39 is 57.2 Å². The lowest BCUT2D eigenvalue weighted by Gasteiger charge is -2.36. The third kappa shape index (κ3) is 4.25. The molecule has 0 bridgehead atoms. The monoisotopic (exact) mass is 561 g/mol. The number of halogens is 3. The summed E-state index contributed by atoms with van der Waals surface area (Å²) in [5.74, 6) is -2.32. The van der Waals surface area contributed by atoms with E-state index in [1.165, 1.54) is 21.6 Å². The van der Waals surface area contributed by atoms with Gasteiger partial charge < -0.3 is 5.32 Å². The highest BCUT2D eigenvalue weighted by Crippen LogP contribution is 2.54. The van der Waals surface area contributed by atoms with Crippen molar-refractivity contribution in [2.75, 3.05) is 10.2 Å². The van der Waals surface area contributed by atoms with Crippen LogP contribution in [0, 0.1) is 12.8 Å². The molecular formula is C26H22F3N3O4S2. The van der Waals surface area contributed by atoms with Crippen molar-refractivity contribution < 1.29 is 27.6 Å². The van der Waals surface area contributed by atoms with E-state index in [0.717, 1.165) is 40.8 Å². The fourth-order valence-electron chi connectivity index (χ4n) is 4.89. The maximum Gasteiger partial charge on any atom is 0.418 e. The number of aromatic nitrogens is 1. The summed E-state index contributed by atoms with van der Waals surface area (Å²) < 4.78 is 41.2. The minimum Gasteiger partial charge on any atom is -0.324 e. The molecular weight excluding hydrogens is 539 g/mol. The van der Waals surface area contributed by atoms with Gasteiger partial charge in [-0.15, -0.1) is 0 Å². The van der Waals surface area contributed by atoms with E-state index in [0.29, 0.717) is 15.6 Å². The van der Waals surface area contributed by atoms with Crippen LogP contribution in [0.1, 0.15) is 29.9 Å². The van der Waals surface area contributed by atoms with Crippen LogP contribution < -0.4 is 15.1 Å². The Morgan fingerprint density at radius 3 is 2.34 bits per heavy atom. The first-order chi connectivity index (χ1) is 17.8. The van der Waals surface area contributed by atoms with Crippen molar-refractivity contribution in [1.82, 2.24) is 4.57 Å². The normalized spacial score (nSPS) is 20.3. The van der Waals surface area contributed by atoms with Crippen molar-refractivity contribution in [2.24, 2.45) is 5.92 Å². The van der Waals surface area contributed by atoms with Crippen LogP contribution in [0.3, 0.4) is 0 Å². The van der Waals surface area contributed by atoms with Crippen LogP contribution in [-0.4, -0.2) is 27.5 Å². The van der Waals surface area contributed by atoms with Gasteiger partial charge in [0.05, 0.1) is 27.9 Å². The quantitative estimate of drug-likeness (QED) is 0.462. The Hall–Kier alpha value is -3.38. The molecule has 1 fully saturated rings. The smallest absolute Gasteiger partial charge is 0.324 e. The summed E-state index contributed by atoms with van der Waals surface area (Å²) in [5.41, 5.74) is -0.883. The molecule has 0 aliphatic carbocycles. The fraction of sp³-hybridized carbons (Fsp3) is 0.308. The number of hydrogen-bond acceptors (Lipinski definition) is 6. The largest absolute Gasteiger partial charge is 0.418 e. The average molecular weight is 562 g/mol. The molecule has 0 radical (unpaired) electrons. The molecule has 7 nitrogen and oxygen atoms in total. The summed E-state index contributed by atoms with van der Waals surface area (Å²) in [6.07, 6.45) is -4.67. The van der Waals surface area contributed by atoms with Gasteiger partial charge in [-0.3, -0.25) is 23.7 Å². The van der Waals surface area contributed by atoms with Gasteiger partial charge >= 0.3 is 11.0 Å². The Kier molecular flexibility index (Phi) is 6.30. The van der Waals surface area contributed by atoms with E-state index in [2.05, 4.69) is 5.32 Å². The Bertz CT molecular complexity index is 1530. The zero-order chi connectivity index (χ0) is 27.6. The highest BCUT2D eigenvalue weighted by Gasteiger charge is 2.59. The minimum absolute atomic E-state index is 0.360. The topological polar surface area (TPSA) is 88.5 Å². The number of thiazole rings is 1. The van der Waals surface area contributed by atoms with Crippen LogP contribution in [0.4, 0.5) is 24.5 Å². The Balaban J connectivity index is 1.46. The van der Waals surface area contributed by atoms with Crippen LogP contribution >= 0.6 is 23.1 Å². The molecule has 1 N–H and O–H groups in total. The van der Waals surface area contributed by atoms with Gasteiger partial charge in [-0.2, -0.15) is 13.2 Å². The summed E-state index contributed by atoms with van der Waals surface area (Å²) in [4.78, 5) is 53.9. The van der Waals surface area contributed by atoms with E-state index in [-0.39, 0.29) is 5.91 Å². The van der Waals surface area contributed by atoms with E-state index in [1.54, 1.807) is 38.1 Å².